The lowest BCUT2D eigenvalue weighted by Gasteiger charge is -2.03. The summed E-state index contributed by atoms with van der Waals surface area (Å²) in [5.41, 5.74) is 10.8. The molecule has 0 fully saturated rings. The van der Waals surface area contributed by atoms with E-state index >= 15 is 0 Å². The van der Waals surface area contributed by atoms with Crippen molar-refractivity contribution in [1.82, 2.24) is 9.38 Å². The third-order valence-electron chi connectivity index (χ3n) is 3.49. The number of imidazole rings is 1. The average Bonchev–Trinajstić information content (AvgIpc) is 2.79. The highest BCUT2D eigenvalue weighted by Crippen LogP contribution is 2.26. The fraction of sp³-hybridized carbons (Fsp3) is 0.188. The molecule has 4 heteroatoms. The molecule has 0 atom stereocenters. The highest BCUT2D eigenvalue weighted by atomic mass is 35.5. The predicted molar refractivity (Wildman–Crippen MR) is 83.1 cm³/mol. The molecule has 0 radical (unpaired) electrons. The monoisotopic (exact) mass is 285 g/mol. The Balaban J connectivity index is 2.10. The van der Waals surface area contributed by atoms with E-state index in [0.717, 1.165) is 29.0 Å². The van der Waals surface area contributed by atoms with Crippen LogP contribution in [0.5, 0.6) is 0 Å². The van der Waals surface area contributed by atoms with Crippen molar-refractivity contribution in [3.63, 3.8) is 0 Å². The Morgan fingerprint density at radius 3 is 2.55 bits per heavy atom. The number of fused-ring (bicyclic) bond motifs is 1. The standard InChI is InChI=1S/C16H16ClN3/c1-11-16(13-7-5-12(6-8-13)9-10-18)19-15-4-2-3-14(17)20(11)15/h2-8H,9-10,18H2,1H3. The number of rotatable bonds is 3. The maximum absolute atomic E-state index is 6.24. The number of aryl methyl sites for hydroxylation is 1. The van der Waals surface area contributed by atoms with Crippen LogP contribution in [0.4, 0.5) is 0 Å². The number of hydrogen-bond donors (Lipinski definition) is 1. The Morgan fingerprint density at radius 1 is 1.15 bits per heavy atom. The van der Waals surface area contributed by atoms with E-state index < -0.39 is 0 Å². The van der Waals surface area contributed by atoms with Gasteiger partial charge < -0.3 is 5.73 Å². The second kappa shape index (κ2) is 5.27. The number of hydrogen-bond acceptors (Lipinski definition) is 2. The number of benzene rings is 1. The van der Waals surface area contributed by atoms with Gasteiger partial charge in [-0.3, -0.25) is 4.40 Å². The molecule has 0 saturated carbocycles. The summed E-state index contributed by atoms with van der Waals surface area (Å²) in [6, 6.07) is 14.1. The van der Waals surface area contributed by atoms with Gasteiger partial charge in [0.2, 0.25) is 0 Å². The van der Waals surface area contributed by atoms with Crippen molar-refractivity contribution in [1.29, 1.82) is 0 Å². The van der Waals surface area contributed by atoms with Gasteiger partial charge in [-0.15, -0.1) is 0 Å². The van der Waals surface area contributed by atoms with E-state index in [1.54, 1.807) is 0 Å². The third kappa shape index (κ3) is 2.19. The summed E-state index contributed by atoms with van der Waals surface area (Å²) in [4.78, 5) is 4.67. The van der Waals surface area contributed by atoms with Crippen LogP contribution in [-0.2, 0) is 6.42 Å². The summed E-state index contributed by atoms with van der Waals surface area (Å²) in [7, 11) is 0. The zero-order valence-electron chi connectivity index (χ0n) is 11.3. The first-order valence-electron chi connectivity index (χ1n) is 6.63. The quantitative estimate of drug-likeness (QED) is 0.749. The smallest absolute Gasteiger partial charge is 0.138 e. The summed E-state index contributed by atoms with van der Waals surface area (Å²) < 4.78 is 1.96. The van der Waals surface area contributed by atoms with Gasteiger partial charge in [0.15, 0.2) is 0 Å². The van der Waals surface area contributed by atoms with Gasteiger partial charge in [-0.2, -0.15) is 0 Å². The molecule has 0 bridgehead atoms. The van der Waals surface area contributed by atoms with Gasteiger partial charge in [-0.25, -0.2) is 4.98 Å². The van der Waals surface area contributed by atoms with Crippen LogP contribution in [0, 0.1) is 6.92 Å². The van der Waals surface area contributed by atoms with Crippen molar-refractivity contribution in [2.75, 3.05) is 6.54 Å². The van der Waals surface area contributed by atoms with E-state index in [1.165, 1.54) is 5.56 Å². The molecule has 0 amide bonds. The van der Waals surface area contributed by atoms with Crippen molar-refractivity contribution >= 4 is 17.2 Å². The molecule has 3 aromatic rings. The molecule has 0 aliphatic carbocycles. The maximum atomic E-state index is 6.24. The van der Waals surface area contributed by atoms with Crippen LogP contribution in [0.15, 0.2) is 42.5 Å². The minimum absolute atomic E-state index is 0.669. The topological polar surface area (TPSA) is 43.3 Å². The predicted octanol–water partition coefficient (Wildman–Crippen LogP) is 3.46. The first-order chi connectivity index (χ1) is 9.70. The summed E-state index contributed by atoms with van der Waals surface area (Å²) in [5, 5.41) is 0.679. The first-order valence-corrected chi connectivity index (χ1v) is 7.01. The van der Waals surface area contributed by atoms with Crippen LogP contribution in [0.25, 0.3) is 16.9 Å². The number of pyridine rings is 1. The Kier molecular flexibility index (Phi) is 3.47. The molecule has 102 valence electrons. The molecule has 0 spiro atoms. The maximum Gasteiger partial charge on any atom is 0.138 e. The Labute approximate surface area is 123 Å². The van der Waals surface area contributed by atoms with Crippen LogP contribution >= 0.6 is 11.6 Å². The zero-order valence-corrected chi connectivity index (χ0v) is 12.1. The van der Waals surface area contributed by atoms with Crippen LogP contribution in [0.3, 0.4) is 0 Å². The molecular formula is C16H16ClN3. The van der Waals surface area contributed by atoms with Crippen LogP contribution in [0.1, 0.15) is 11.3 Å². The van der Waals surface area contributed by atoms with E-state index in [0.29, 0.717) is 11.7 Å². The minimum Gasteiger partial charge on any atom is -0.330 e. The van der Waals surface area contributed by atoms with E-state index in [2.05, 4.69) is 29.2 Å². The largest absolute Gasteiger partial charge is 0.330 e. The molecule has 2 heterocycles. The van der Waals surface area contributed by atoms with Crippen molar-refractivity contribution in [3.8, 4) is 11.3 Å². The summed E-state index contributed by atoms with van der Waals surface area (Å²) in [6.07, 6.45) is 0.899. The molecule has 0 unspecified atom stereocenters. The highest BCUT2D eigenvalue weighted by molar-refractivity contribution is 6.29. The van der Waals surface area contributed by atoms with Crippen molar-refractivity contribution in [3.05, 3.63) is 58.9 Å². The Hall–Kier alpha value is -1.84. The van der Waals surface area contributed by atoms with Crippen molar-refractivity contribution in [2.45, 2.75) is 13.3 Å². The second-order valence-corrected chi connectivity index (χ2v) is 5.21. The molecule has 0 saturated heterocycles. The van der Waals surface area contributed by atoms with Crippen LogP contribution < -0.4 is 5.73 Å². The fourth-order valence-corrected chi connectivity index (χ4v) is 2.75. The number of aromatic nitrogens is 2. The third-order valence-corrected chi connectivity index (χ3v) is 3.78. The van der Waals surface area contributed by atoms with Gasteiger partial charge >= 0.3 is 0 Å². The highest BCUT2D eigenvalue weighted by Gasteiger charge is 2.11. The molecule has 3 rings (SSSR count). The molecular weight excluding hydrogens is 270 g/mol. The molecule has 1 aromatic carbocycles. The lowest BCUT2D eigenvalue weighted by atomic mass is 10.1. The zero-order chi connectivity index (χ0) is 14.1. The molecule has 2 N–H and O–H groups in total. The summed E-state index contributed by atoms with van der Waals surface area (Å²) in [5.74, 6) is 0. The first kappa shape index (κ1) is 13.2. The molecule has 2 aromatic heterocycles. The van der Waals surface area contributed by atoms with Gasteiger partial charge in [0, 0.05) is 11.3 Å². The van der Waals surface area contributed by atoms with Gasteiger partial charge in [-0.1, -0.05) is 41.9 Å². The minimum atomic E-state index is 0.669. The molecule has 20 heavy (non-hydrogen) atoms. The summed E-state index contributed by atoms with van der Waals surface area (Å²) in [6.45, 7) is 2.71. The van der Waals surface area contributed by atoms with Crippen LogP contribution in [0.2, 0.25) is 5.15 Å². The van der Waals surface area contributed by atoms with Crippen LogP contribution in [-0.4, -0.2) is 15.9 Å². The fourth-order valence-electron chi connectivity index (χ4n) is 2.46. The van der Waals surface area contributed by atoms with Gasteiger partial charge in [0.1, 0.15) is 10.8 Å². The number of nitrogens with zero attached hydrogens (tertiary/aromatic N) is 2. The average molecular weight is 286 g/mol. The van der Waals surface area contributed by atoms with Crippen molar-refractivity contribution in [2.24, 2.45) is 5.73 Å². The van der Waals surface area contributed by atoms with Crippen molar-refractivity contribution < 1.29 is 0 Å². The molecule has 0 aliphatic heterocycles. The molecule has 3 nitrogen and oxygen atoms in total. The molecule has 0 aliphatic rings. The van der Waals surface area contributed by atoms with E-state index in [9.17, 15) is 0 Å². The lowest BCUT2D eigenvalue weighted by Crippen LogP contribution is -2.02. The number of nitrogens with two attached hydrogens (primary N) is 1. The van der Waals surface area contributed by atoms with Gasteiger partial charge in [0.25, 0.3) is 0 Å². The van der Waals surface area contributed by atoms with E-state index in [1.807, 2.05) is 29.5 Å². The number of halogens is 1. The lowest BCUT2D eigenvalue weighted by molar-refractivity contribution is 0.969. The second-order valence-electron chi connectivity index (χ2n) is 4.82. The normalized spacial score (nSPS) is 11.2. The van der Waals surface area contributed by atoms with E-state index in [4.69, 9.17) is 17.3 Å². The summed E-state index contributed by atoms with van der Waals surface area (Å²) >= 11 is 6.24. The van der Waals surface area contributed by atoms with Gasteiger partial charge in [-0.05, 0) is 37.6 Å². The SMILES string of the molecule is Cc1c(-c2ccc(CCN)cc2)nc2cccc(Cl)n12. The Morgan fingerprint density at radius 2 is 1.90 bits per heavy atom. The van der Waals surface area contributed by atoms with Gasteiger partial charge in [0.05, 0.1) is 5.69 Å². The van der Waals surface area contributed by atoms with E-state index in [-0.39, 0.29) is 0 Å². The Bertz CT molecular complexity index is 744.